The van der Waals surface area contributed by atoms with Gasteiger partial charge in [-0.25, -0.2) is 4.68 Å². The highest BCUT2D eigenvalue weighted by Crippen LogP contribution is 2.25. The van der Waals surface area contributed by atoms with Gasteiger partial charge in [0.1, 0.15) is 6.73 Å². The van der Waals surface area contributed by atoms with Crippen LogP contribution in [0.5, 0.6) is 0 Å². The summed E-state index contributed by atoms with van der Waals surface area (Å²) in [6, 6.07) is 5.27. The predicted molar refractivity (Wildman–Crippen MR) is 138 cm³/mol. The fourth-order valence-corrected chi connectivity index (χ4v) is 5.34. The molecular weight excluding hydrogens is 537 g/mol. The molecule has 0 bridgehead atoms. The third kappa shape index (κ3) is 7.51. The molecule has 1 saturated carbocycles. The summed E-state index contributed by atoms with van der Waals surface area (Å²) in [5.74, 6) is -0.0406. The van der Waals surface area contributed by atoms with E-state index in [1.54, 1.807) is 7.11 Å². The predicted octanol–water partition coefficient (Wildman–Crippen LogP) is 4.66. The monoisotopic (exact) mass is 573 g/mol. The van der Waals surface area contributed by atoms with Crippen LogP contribution in [0.25, 0.3) is 10.9 Å². The van der Waals surface area contributed by atoms with Crippen LogP contribution in [0.2, 0.25) is 25.7 Å². The van der Waals surface area contributed by atoms with E-state index in [9.17, 15) is 4.79 Å². The van der Waals surface area contributed by atoms with Crippen molar-refractivity contribution in [3.8, 4) is 0 Å². The first-order valence-corrected chi connectivity index (χ1v) is 16.2. The first-order valence-electron chi connectivity index (χ1n) is 11.4. The first-order chi connectivity index (χ1) is 15.3. The molecule has 7 nitrogen and oxygen atoms in total. The SMILES string of the molecule is COCCOC1CCC(NC(=O)c2cc(I)cc3cnn(COCC[Si](C)(C)C)c23)CC1. The van der Waals surface area contributed by atoms with Crippen molar-refractivity contribution in [2.45, 2.75) is 70.2 Å². The second-order valence-electron chi connectivity index (χ2n) is 9.69. The Labute approximate surface area is 205 Å². The number of amides is 1. The number of nitrogens with one attached hydrogen (secondary N) is 1. The van der Waals surface area contributed by atoms with Crippen LogP contribution in [-0.4, -0.2) is 62.8 Å². The molecule has 1 aliphatic carbocycles. The number of rotatable bonds is 11. The fraction of sp³-hybridized carbons (Fsp3) is 0.652. The molecule has 0 spiro atoms. The van der Waals surface area contributed by atoms with Crippen molar-refractivity contribution in [1.82, 2.24) is 15.1 Å². The van der Waals surface area contributed by atoms with Crippen molar-refractivity contribution < 1.29 is 19.0 Å². The first kappa shape index (κ1) is 25.6. The molecular formula is C23H36IN3O4Si. The number of hydrogen-bond donors (Lipinski definition) is 1. The largest absolute Gasteiger partial charge is 0.382 e. The van der Waals surface area contributed by atoms with Gasteiger partial charge in [-0.2, -0.15) is 5.10 Å². The topological polar surface area (TPSA) is 74.6 Å². The summed E-state index contributed by atoms with van der Waals surface area (Å²) in [4.78, 5) is 13.2. The molecule has 0 unspecified atom stereocenters. The maximum atomic E-state index is 13.2. The molecule has 1 N–H and O–H groups in total. The minimum absolute atomic E-state index is 0.0406. The maximum absolute atomic E-state index is 13.2. The lowest BCUT2D eigenvalue weighted by Crippen LogP contribution is -2.39. The Balaban J connectivity index is 1.63. The lowest BCUT2D eigenvalue weighted by molar-refractivity contribution is -0.00408. The zero-order valence-corrected chi connectivity index (χ0v) is 22.8. The quantitative estimate of drug-likeness (QED) is 0.241. The Morgan fingerprint density at radius 2 is 1.94 bits per heavy atom. The number of carbonyl (C=O) groups excluding carboxylic acids is 1. The molecule has 0 atom stereocenters. The molecule has 3 rings (SSSR count). The number of fused-ring (bicyclic) bond motifs is 1. The van der Waals surface area contributed by atoms with E-state index in [4.69, 9.17) is 14.2 Å². The van der Waals surface area contributed by atoms with Crippen molar-refractivity contribution in [2.24, 2.45) is 0 Å². The molecule has 0 aliphatic heterocycles. The molecule has 1 aromatic carbocycles. The molecule has 0 saturated heterocycles. The highest BCUT2D eigenvalue weighted by atomic mass is 127. The zero-order valence-electron chi connectivity index (χ0n) is 19.7. The molecule has 1 aliphatic rings. The Hall–Kier alpha value is -1.01. The van der Waals surface area contributed by atoms with Crippen LogP contribution in [0.1, 0.15) is 36.0 Å². The molecule has 1 amide bonds. The van der Waals surface area contributed by atoms with Crippen LogP contribution in [0.4, 0.5) is 0 Å². The molecule has 1 aromatic heterocycles. The summed E-state index contributed by atoms with van der Waals surface area (Å²) in [5, 5.41) is 8.71. The zero-order chi connectivity index (χ0) is 23.1. The fourth-order valence-electron chi connectivity index (χ4n) is 3.93. The van der Waals surface area contributed by atoms with E-state index in [2.05, 4.69) is 58.7 Å². The van der Waals surface area contributed by atoms with Crippen LogP contribution in [0, 0.1) is 3.57 Å². The number of nitrogens with zero attached hydrogens (tertiary/aromatic N) is 2. The van der Waals surface area contributed by atoms with Crippen molar-refractivity contribution in [3.63, 3.8) is 0 Å². The van der Waals surface area contributed by atoms with Gasteiger partial charge < -0.3 is 19.5 Å². The van der Waals surface area contributed by atoms with Gasteiger partial charge in [0.2, 0.25) is 0 Å². The van der Waals surface area contributed by atoms with Gasteiger partial charge in [0.25, 0.3) is 5.91 Å². The maximum Gasteiger partial charge on any atom is 0.253 e. The van der Waals surface area contributed by atoms with Gasteiger partial charge in [0.15, 0.2) is 0 Å². The van der Waals surface area contributed by atoms with E-state index in [0.29, 0.717) is 25.5 Å². The molecule has 32 heavy (non-hydrogen) atoms. The van der Waals surface area contributed by atoms with Gasteiger partial charge in [-0.15, -0.1) is 0 Å². The van der Waals surface area contributed by atoms with E-state index in [0.717, 1.165) is 52.8 Å². The molecule has 178 valence electrons. The van der Waals surface area contributed by atoms with Gasteiger partial charge >= 0.3 is 0 Å². The number of methoxy groups -OCH3 is 1. The Bertz CT molecular complexity index is 891. The minimum atomic E-state index is -1.14. The summed E-state index contributed by atoms with van der Waals surface area (Å²) in [6.45, 7) is 9.34. The Morgan fingerprint density at radius 3 is 2.62 bits per heavy atom. The van der Waals surface area contributed by atoms with Crippen molar-refractivity contribution >= 4 is 47.5 Å². The Morgan fingerprint density at radius 1 is 1.19 bits per heavy atom. The number of carbonyl (C=O) groups is 1. The molecule has 9 heteroatoms. The number of aromatic nitrogens is 2. The van der Waals surface area contributed by atoms with Crippen molar-refractivity contribution in [1.29, 1.82) is 0 Å². The summed E-state index contributed by atoms with van der Waals surface area (Å²) in [5.41, 5.74) is 1.50. The van der Waals surface area contributed by atoms with Gasteiger partial charge in [-0.05, 0) is 66.5 Å². The second kappa shape index (κ2) is 11.9. The van der Waals surface area contributed by atoms with E-state index >= 15 is 0 Å². The summed E-state index contributed by atoms with van der Waals surface area (Å²) in [6.07, 6.45) is 5.85. The van der Waals surface area contributed by atoms with E-state index in [-0.39, 0.29) is 18.1 Å². The lowest BCUT2D eigenvalue weighted by Gasteiger charge is -2.29. The average Bonchev–Trinajstić information content (AvgIpc) is 3.14. The number of hydrogen-bond acceptors (Lipinski definition) is 5. The average molecular weight is 574 g/mol. The van der Waals surface area contributed by atoms with Crippen molar-refractivity contribution in [2.75, 3.05) is 26.9 Å². The van der Waals surface area contributed by atoms with Crippen molar-refractivity contribution in [3.05, 3.63) is 27.5 Å². The lowest BCUT2D eigenvalue weighted by atomic mass is 9.92. The van der Waals surface area contributed by atoms with Crippen LogP contribution in [-0.2, 0) is 20.9 Å². The standard InChI is InChI=1S/C23H36IN3O4Si/c1-29-9-10-31-20-7-5-19(6-8-20)26-23(28)21-14-18(24)13-17-15-25-27(22(17)21)16-30-11-12-32(2,3)4/h13-15,19-20H,5-12,16H2,1-4H3,(H,26,28). The van der Waals surface area contributed by atoms with E-state index in [1.807, 2.05) is 16.9 Å². The number of benzene rings is 1. The van der Waals surface area contributed by atoms with Gasteiger partial charge in [0.05, 0.1) is 36.6 Å². The number of ether oxygens (including phenoxy) is 3. The molecule has 1 heterocycles. The van der Waals surface area contributed by atoms with Crippen LogP contribution >= 0.6 is 22.6 Å². The second-order valence-corrected chi connectivity index (χ2v) is 16.6. The third-order valence-corrected chi connectivity index (χ3v) is 8.13. The smallest absolute Gasteiger partial charge is 0.253 e. The molecule has 0 radical (unpaired) electrons. The molecule has 1 fully saturated rings. The highest BCUT2D eigenvalue weighted by Gasteiger charge is 2.25. The van der Waals surface area contributed by atoms with E-state index < -0.39 is 8.07 Å². The van der Waals surface area contributed by atoms with Gasteiger partial charge in [-0.3, -0.25) is 4.79 Å². The van der Waals surface area contributed by atoms with Crippen LogP contribution in [0.15, 0.2) is 18.3 Å². The Kier molecular flexibility index (Phi) is 9.53. The number of halogens is 1. The normalized spacial score (nSPS) is 19.4. The van der Waals surface area contributed by atoms with Crippen LogP contribution < -0.4 is 5.32 Å². The van der Waals surface area contributed by atoms with Gasteiger partial charge in [0, 0.05) is 36.8 Å². The summed E-state index contributed by atoms with van der Waals surface area (Å²) >= 11 is 2.26. The molecule has 2 aromatic rings. The minimum Gasteiger partial charge on any atom is -0.382 e. The van der Waals surface area contributed by atoms with Crippen LogP contribution in [0.3, 0.4) is 0 Å². The highest BCUT2D eigenvalue weighted by molar-refractivity contribution is 14.1. The summed E-state index contributed by atoms with van der Waals surface area (Å²) < 4.78 is 19.6. The summed E-state index contributed by atoms with van der Waals surface area (Å²) in [7, 11) is 0.540. The third-order valence-electron chi connectivity index (χ3n) is 5.80. The van der Waals surface area contributed by atoms with Gasteiger partial charge in [-0.1, -0.05) is 19.6 Å². The van der Waals surface area contributed by atoms with E-state index in [1.165, 1.54) is 0 Å².